The molecule has 0 bridgehead atoms. The van der Waals surface area contributed by atoms with Gasteiger partial charge in [-0.2, -0.15) is 11.8 Å². The molecule has 30 heavy (non-hydrogen) atoms. The Labute approximate surface area is 183 Å². The molecule has 2 aromatic rings. The number of amides is 1. The molecule has 0 aromatic heterocycles. The Morgan fingerprint density at radius 2 is 2.07 bits per heavy atom. The number of ether oxygens (including phenoxy) is 1. The fourth-order valence-corrected chi connectivity index (χ4v) is 4.30. The minimum atomic E-state index is -0.449. The monoisotopic (exact) mass is 443 g/mol. The predicted molar refractivity (Wildman–Crippen MR) is 123 cm³/mol. The van der Waals surface area contributed by atoms with Gasteiger partial charge in [0.25, 0.3) is 11.6 Å². The first kappa shape index (κ1) is 21.9. The van der Waals surface area contributed by atoms with Crippen molar-refractivity contribution >= 4 is 52.0 Å². The third-order valence-electron chi connectivity index (χ3n) is 4.30. The van der Waals surface area contributed by atoms with E-state index in [-0.39, 0.29) is 11.6 Å². The van der Waals surface area contributed by atoms with Gasteiger partial charge in [0.1, 0.15) is 11.4 Å². The van der Waals surface area contributed by atoms with E-state index in [9.17, 15) is 14.9 Å². The van der Waals surface area contributed by atoms with Crippen molar-refractivity contribution in [1.82, 2.24) is 4.90 Å². The van der Waals surface area contributed by atoms with Gasteiger partial charge in [-0.05, 0) is 54.0 Å². The van der Waals surface area contributed by atoms with Crippen LogP contribution >= 0.6 is 23.5 Å². The Morgan fingerprint density at radius 1 is 1.27 bits per heavy atom. The molecule has 1 saturated heterocycles. The lowest BCUT2D eigenvalue weighted by Gasteiger charge is -2.15. The molecule has 1 fully saturated rings. The fraction of sp³-hybridized carbons (Fsp3) is 0.238. The lowest BCUT2D eigenvalue weighted by Crippen LogP contribution is -2.30. The van der Waals surface area contributed by atoms with Gasteiger partial charge in [0.05, 0.1) is 16.9 Å². The number of non-ortho nitro benzene ring substituents is 1. The molecule has 0 unspecified atom stereocenters. The molecular weight excluding hydrogens is 422 g/mol. The number of benzene rings is 2. The zero-order valence-corrected chi connectivity index (χ0v) is 18.2. The quantitative estimate of drug-likeness (QED) is 0.248. The summed E-state index contributed by atoms with van der Waals surface area (Å²) >= 11 is 2.99. The van der Waals surface area contributed by atoms with Crippen molar-refractivity contribution in [2.24, 2.45) is 4.99 Å². The Balaban J connectivity index is 1.95. The molecule has 9 heteroatoms. The van der Waals surface area contributed by atoms with Gasteiger partial charge in [-0.15, -0.1) is 0 Å². The SMILES string of the molecule is COc1ccccc1N=C1SC(=Cc2cccc([N+](=O)[O-])c2)C(=O)N1CCCSC. The lowest BCUT2D eigenvalue weighted by molar-refractivity contribution is -0.384. The molecule has 156 valence electrons. The number of para-hydroxylation sites is 2. The molecule has 0 atom stereocenters. The zero-order valence-electron chi connectivity index (χ0n) is 16.6. The van der Waals surface area contributed by atoms with Crippen molar-refractivity contribution < 1.29 is 14.5 Å². The summed E-state index contributed by atoms with van der Waals surface area (Å²) in [6.45, 7) is 0.549. The Kier molecular flexibility index (Phi) is 7.53. The Morgan fingerprint density at radius 3 is 2.80 bits per heavy atom. The summed E-state index contributed by atoms with van der Waals surface area (Å²) in [5, 5.41) is 11.6. The van der Waals surface area contributed by atoms with E-state index in [0.717, 1.165) is 12.2 Å². The van der Waals surface area contributed by atoms with Gasteiger partial charge in [0.2, 0.25) is 0 Å². The molecule has 0 spiro atoms. The Hall–Kier alpha value is -2.78. The summed E-state index contributed by atoms with van der Waals surface area (Å²) in [7, 11) is 1.58. The van der Waals surface area contributed by atoms with Gasteiger partial charge in [0.15, 0.2) is 5.17 Å². The van der Waals surface area contributed by atoms with Crippen LogP contribution in [0.4, 0.5) is 11.4 Å². The molecule has 3 rings (SSSR count). The molecule has 0 N–H and O–H groups in total. The van der Waals surface area contributed by atoms with Crippen LogP contribution in [0.15, 0.2) is 58.4 Å². The van der Waals surface area contributed by atoms with Crippen molar-refractivity contribution in [3.8, 4) is 5.75 Å². The van der Waals surface area contributed by atoms with Crippen molar-refractivity contribution in [1.29, 1.82) is 0 Å². The topological polar surface area (TPSA) is 85.0 Å². The molecule has 0 aliphatic carbocycles. The van der Waals surface area contributed by atoms with Gasteiger partial charge in [-0.25, -0.2) is 4.99 Å². The first-order valence-corrected chi connectivity index (χ1v) is 11.4. The highest BCUT2D eigenvalue weighted by molar-refractivity contribution is 8.18. The fourth-order valence-electron chi connectivity index (χ4n) is 2.86. The second-order valence-corrected chi connectivity index (χ2v) is 8.33. The van der Waals surface area contributed by atoms with Gasteiger partial charge in [-0.3, -0.25) is 19.8 Å². The van der Waals surface area contributed by atoms with Crippen LogP contribution < -0.4 is 4.74 Å². The third kappa shape index (κ3) is 5.22. The number of amidine groups is 1. The molecular formula is C21H21N3O4S2. The number of hydrogen-bond donors (Lipinski definition) is 0. The average molecular weight is 444 g/mol. The van der Waals surface area contributed by atoms with Crippen LogP contribution in [0.25, 0.3) is 6.08 Å². The van der Waals surface area contributed by atoms with E-state index in [2.05, 4.69) is 4.99 Å². The number of carbonyl (C=O) groups is 1. The molecule has 0 saturated carbocycles. The van der Waals surface area contributed by atoms with Gasteiger partial charge in [0, 0.05) is 18.7 Å². The maximum absolute atomic E-state index is 13.1. The number of nitro benzene ring substituents is 1. The summed E-state index contributed by atoms with van der Waals surface area (Å²) in [6.07, 6.45) is 4.53. The van der Waals surface area contributed by atoms with Crippen LogP contribution in [0.5, 0.6) is 5.75 Å². The zero-order chi connectivity index (χ0) is 21.5. The molecule has 0 radical (unpaired) electrons. The number of hydrogen-bond acceptors (Lipinski definition) is 7. The van der Waals surface area contributed by atoms with Gasteiger partial charge < -0.3 is 4.74 Å². The van der Waals surface area contributed by atoms with Crippen LogP contribution in [-0.4, -0.2) is 46.6 Å². The van der Waals surface area contributed by atoms with Crippen LogP contribution in [0.3, 0.4) is 0 Å². The minimum absolute atomic E-state index is 0.0143. The first-order valence-electron chi connectivity index (χ1n) is 9.20. The summed E-state index contributed by atoms with van der Waals surface area (Å²) in [6, 6.07) is 13.6. The molecule has 1 amide bonds. The van der Waals surface area contributed by atoms with E-state index < -0.39 is 4.92 Å². The van der Waals surface area contributed by atoms with Gasteiger partial charge in [-0.1, -0.05) is 24.3 Å². The van der Waals surface area contributed by atoms with Crippen LogP contribution in [0.1, 0.15) is 12.0 Å². The largest absolute Gasteiger partial charge is 0.494 e. The average Bonchev–Trinajstić information content (AvgIpc) is 3.03. The maximum atomic E-state index is 13.1. The number of nitro groups is 1. The second-order valence-electron chi connectivity index (χ2n) is 6.33. The molecule has 7 nitrogen and oxygen atoms in total. The number of thioether (sulfide) groups is 2. The normalized spacial score (nSPS) is 16.5. The maximum Gasteiger partial charge on any atom is 0.270 e. The number of methoxy groups -OCH3 is 1. The molecule has 1 heterocycles. The van der Waals surface area contributed by atoms with Crippen LogP contribution in [0, 0.1) is 10.1 Å². The second kappa shape index (κ2) is 10.3. The molecule has 2 aromatic carbocycles. The number of carbonyl (C=O) groups excluding carboxylic acids is 1. The number of rotatable bonds is 8. The lowest BCUT2D eigenvalue weighted by atomic mass is 10.2. The summed E-state index contributed by atoms with van der Waals surface area (Å²) < 4.78 is 5.37. The highest BCUT2D eigenvalue weighted by Crippen LogP contribution is 2.36. The highest BCUT2D eigenvalue weighted by atomic mass is 32.2. The summed E-state index contributed by atoms with van der Waals surface area (Å²) in [4.78, 5) is 30.5. The summed E-state index contributed by atoms with van der Waals surface area (Å²) in [5.41, 5.74) is 1.23. The molecule has 1 aliphatic heterocycles. The summed E-state index contributed by atoms with van der Waals surface area (Å²) in [5.74, 6) is 1.40. The van der Waals surface area contributed by atoms with E-state index >= 15 is 0 Å². The van der Waals surface area contributed by atoms with Crippen molar-refractivity contribution in [2.45, 2.75) is 6.42 Å². The highest BCUT2D eigenvalue weighted by Gasteiger charge is 2.33. The van der Waals surface area contributed by atoms with E-state index in [4.69, 9.17) is 4.74 Å². The van der Waals surface area contributed by atoms with E-state index in [1.807, 2.05) is 30.5 Å². The van der Waals surface area contributed by atoms with Crippen LogP contribution in [-0.2, 0) is 4.79 Å². The third-order valence-corrected chi connectivity index (χ3v) is 6.00. The van der Waals surface area contributed by atoms with E-state index in [1.54, 1.807) is 42.0 Å². The van der Waals surface area contributed by atoms with E-state index in [1.165, 1.54) is 23.9 Å². The van der Waals surface area contributed by atoms with Crippen molar-refractivity contribution in [3.63, 3.8) is 0 Å². The van der Waals surface area contributed by atoms with Crippen molar-refractivity contribution in [2.75, 3.05) is 25.7 Å². The van der Waals surface area contributed by atoms with Crippen LogP contribution in [0.2, 0.25) is 0 Å². The Bertz CT molecular complexity index is 1010. The standard InChI is InChI=1S/C21H21N3O4S2/c1-28-18-10-4-3-9-17(18)22-21-23(11-6-12-29-2)20(25)19(30-21)14-15-7-5-8-16(13-15)24(26)27/h3-5,7-10,13-14H,6,11-12H2,1-2H3. The molecule has 1 aliphatic rings. The smallest absolute Gasteiger partial charge is 0.270 e. The number of aliphatic imine (C=N–C) groups is 1. The van der Waals surface area contributed by atoms with Gasteiger partial charge >= 0.3 is 0 Å². The first-order chi connectivity index (χ1) is 14.5. The van der Waals surface area contributed by atoms with E-state index in [0.29, 0.717) is 33.6 Å². The number of nitrogens with zero attached hydrogens (tertiary/aromatic N) is 3. The predicted octanol–water partition coefficient (Wildman–Crippen LogP) is 4.96. The van der Waals surface area contributed by atoms with Crippen molar-refractivity contribution in [3.05, 3.63) is 69.1 Å². The minimum Gasteiger partial charge on any atom is -0.494 e.